The van der Waals surface area contributed by atoms with Crippen molar-refractivity contribution in [3.05, 3.63) is 63.7 Å². The van der Waals surface area contributed by atoms with Crippen molar-refractivity contribution >= 4 is 16.8 Å². The molecule has 1 aromatic carbocycles. The molecular formula is C24H29N5O3. The molecular weight excluding hydrogens is 406 g/mol. The number of piperidine rings is 1. The molecule has 0 bridgehead atoms. The molecule has 1 atom stereocenters. The van der Waals surface area contributed by atoms with E-state index in [1.54, 1.807) is 10.7 Å². The number of H-pyrrole nitrogens is 1. The summed E-state index contributed by atoms with van der Waals surface area (Å²) in [7, 11) is 0. The van der Waals surface area contributed by atoms with Gasteiger partial charge in [-0.25, -0.2) is 4.68 Å². The monoisotopic (exact) mass is 435 g/mol. The number of aromatic nitrogens is 3. The second-order valence-corrected chi connectivity index (χ2v) is 8.66. The summed E-state index contributed by atoms with van der Waals surface area (Å²) in [6, 6.07) is 9.61. The van der Waals surface area contributed by atoms with Crippen molar-refractivity contribution < 1.29 is 9.53 Å². The molecule has 2 N–H and O–H groups in total. The number of benzene rings is 1. The van der Waals surface area contributed by atoms with E-state index < -0.39 is 0 Å². The highest BCUT2D eigenvalue weighted by atomic mass is 16.5. The first kappa shape index (κ1) is 20.9. The van der Waals surface area contributed by atoms with E-state index in [0.29, 0.717) is 31.9 Å². The molecule has 168 valence electrons. The molecule has 1 fully saturated rings. The van der Waals surface area contributed by atoms with Gasteiger partial charge in [-0.2, -0.15) is 5.10 Å². The van der Waals surface area contributed by atoms with Gasteiger partial charge in [-0.15, -0.1) is 0 Å². The predicted molar refractivity (Wildman–Crippen MR) is 122 cm³/mol. The van der Waals surface area contributed by atoms with E-state index in [4.69, 9.17) is 4.74 Å². The average Bonchev–Trinajstić information content (AvgIpc) is 3.29. The number of fused-ring (bicyclic) bond motifs is 2. The van der Waals surface area contributed by atoms with Crippen molar-refractivity contribution in [2.45, 2.75) is 44.9 Å². The summed E-state index contributed by atoms with van der Waals surface area (Å²) in [6.45, 7) is 4.02. The van der Waals surface area contributed by atoms with Crippen LogP contribution in [0.4, 0.5) is 0 Å². The number of likely N-dealkylation sites (tertiary alicyclic amines) is 1. The van der Waals surface area contributed by atoms with Gasteiger partial charge in [-0.1, -0.05) is 6.42 Å². The highest BCUT2D eigenvalue weighted by Gasteiger charge is 2.23. The van der Waals surface area contributed by atoms with Gasteiger partial charge in [0.25, 0.3) is 11.5 Å². The van der Waals surface area contributed by atoms with Gasteiger partial charge in [0.05, 0.1) is 25.5 Å². The van der Waals surface area contributed by atoms with Crippen LogP contribution in [0.5, 0.6) is 0 Å². The maximum atomic E-state index is 12.7. The molecule has 2 aliphatic rings. The molecule has 5 rings (SSSR count). The number of hydrogen-bond donors (Lipinski definition) is 2. The summed E-state index contributed by atoms with van der Waals surface area (Å²) in [4.78, 5) is 30.7. The first-order chi connectivity index (χ1) is 15.7. The fourth-order valence-corrected chi connectivity index (χ4v) is 4.73. The fourth-order valence-electron chi connectivity index (χ4n) is 4.73. The van der Waals surface area contributed by atoms with Crippen LogP contribution < -0.4 is 10.9 Å². The lowest BCUT2D eigenvalue weighted by atomic mass is 10.0. The predicted octanol–water partition coefficient (Wildman–Crippen LogP) is 2.08. The summed E-state index contributed by atoms with van der Waals surface area (Å²) in [5.41, 5.74) is 3.51. The minimum Gasteiger partial charge on any atom is -0.376 e. The van der Waals surface area contributed by atoms with E-state index in [9.17, 15) is 9.59 Å². The van der Waals surface area contributed by atoms with E-state index in [2.05, 4.69) is 20.3 Å². The van der Waals surface area contributed by atoms with Crippen molar-refractivity contribution in [1.82, 2.24) is 25.0 Å². The van der Waals surface area contributed by atoms with E-state index in [1.807, 2.05) is 30.5 Å². The highest BCUT2D eigenvalue weighted by molar-refractivity contribution is 5.98. The standard InChI is InChI=1S/C24H29N5O3/c30-23-14-19-16-32-12-7-22(19)27-29(23)11-10-28-9-2-1-3-20(28)15-26-24(31)18-4-5-21-17(13-18)6-8-25-21/h4-6,8,13-14,20,25H,1-3,7,9-12,15-16H2,(H,26,31). The van der Waals surface area contributed by atoms with Gasteiger partial charge in [0.2, 0.25) is 0 Å². The second-order valence-electron chi connectivity index (χ2n) is 8.66. The molecule has 1 saturated heterocycles. The number of carbonyl (C=O) groups is 1. The van der Waals surface area contributed by atoms with Crippen LogP contribution in [0.25, 0.3) is 10.9 Å². The van der Waals surface area contributed by atoms with E-state index in [1.165, 1.54) is 0 Å². The Kier molecular flexibility index (Phi) is 6.05. The minimum atomic E-state index is -0.0729. The SMILES string of the molecule is O=C(NCC1CCCCN1CCn1nc2c(cc1=O)COCC2)c1ccc2[nH]ccc2c1. The summed E-state index contributed by atoms with van der Waals surface area (Å²) in [6.07, 6.45) is 5.97. The summed E-state index contributed by atoms with van der Waals surface area (Å²) >= 11 is 0. The Morgan fingerprint density at radius 1 is 1.22 bits per heavy atom. The van der Waals surface area contributed by atoms with Crippen molar-refractivity contribution in [2.75, 3.05) is 26.2 Å². The average molecular weight is 436 g/mol. The third-order valence-corrected chi connectivity index (χ3v) is 6.57. The number of aromatic amines is 1. The maximum absolute atomic E-state index is 12.7. The summed E-state index contributed by atoms with van der Waals surface area (Å²) in [5.74, 6) is -0.0478. The Bertz CT molecular complexity index is 1170. The van der Waals surface area contributed by atoms with Crippen LogP contribution >= 0.6 is 0 Å². The zero-order chi connectivity index (χ0) is 21.9. The van der Waals surface area contributed by atoms with Gasteiger partial charge in [0, 0.05) is 59.8 Å². The second kappa shape index (κ2) is 9.26. The zero-order valence-corrected chi connectivity index (χ0v) is 18.2. The van der Waals surface area contributed by atoms with E-state index in [-0.39, 0.29) is 17.5 Å². The molecule has 0 aliphatic carbocycles. The van der Waals surface area contributed by atoms with Crippen LogP contribution in [-0.4, -0.2) is 57.9 Å². The molecule has 1 amide bonds. The lowest BCUT2D eigenvalue weighted by Gasteiger charge is -2.35. The number of carbonyl (C=O) groups excluding carboxylic acids is 1. The normalized spacial score (nSPS) is 19.1. The molecule has 8 nitrogen and oxygen atoms in total. The van der Waals surface area contributed by atoms with E-state index >= 15 is 0 Å². The quantitative estimate of drug-likeness (QED) is 0.619. The smallest absolute Gasteiger partial charge is 0.267 e. The van der Waals surface area contributed by atoms with Crippen molar-refractivity contribution in [2.24, 2.45) is 0 Å². The Labute approximate surface area is 186 Å². The van der Waals surface area contributed by atoms with Gasteiger partial charge >= 0.3 is 0 Å². The highest BCUT2D eigenvalue weighted by Crippen LogP contribution is 2.18. The van der Waals surface area contributed by atoms with Crippen molar-refractivity contribution in [1.29, 1.82) is 0 Å². The molecule has 2 aromatic heterocycles. The molecule has 4 heterocycles. The fraction of sp³-hybridized carbons (Fsp3) is 0.458. The number of hydrogen-bond acceptors (Lipinski definition) is 5. The zero-order valence-electron chi connectivity index (χ0n) is 18.2. The summed E-state index contributed by atoms with van der Waals surface area (Å²) < 4.78 is 7.01. The van der Waals surface area contributed by atoms with Gasteiger partial charge in [0.1, 0.15) is 0 Å². The van der Waals surface area contributed by atoms with Gasteiger partial charge in [0.15, 0.2) is 0 Å². The third kappa shape index (κ3) is 4.47. The lowest BCUT2D eigenvalue weighted by Crippen LogP contribution is -2.48. The Morgan fingerprint density at radius 3 is 3.09 bits per heavy atom. The molecule has 0 spiro atoms. The Balaban J connectivity index is 1.20. The molecule has 8 heteroatoms. The number of rotatable bonds is 6. The third-order valence-electron chi connectivity index (χ3n) is 6.57. The van der Waals surface area contributed by atoms with Gasteiger partial charge < -0.3 is 15.0 Å². The number of nitrogens with zero attached hydrogens (tertiary/aromatic N) is 3. The van der Waals surface area contributed by atoms with Crippen LogP contribution in [0.3, 0.4) is 0 Å². The largest absolute Gasteiger partial charge is 0.376 e. The maximum Gasteiger partial charge on any atom is 0.267 e. The topological polar surface area (TPSA) is 92.2 Å². The van der Waals surface area contributed by atoms with Crippen molar-refractivity contribution in [3.8, 4) is 0 Å². The molecule has 32 heavy (non-hydrogen) atoms. The molecule has 0 saturated carbocycles. The number of amides is 1. The first-order valence-corrected chi connectivity index (χ1v) is 11.4. The minimum absolute atomic E-state index is 0.0478. The van der Waals surface area contributed by atoms with Crippen LogP contribution in [0, 0.1) is 0 Å². The number of nitrogens with one attached hydrogen (secondary N) is 2. The lowest BCUT2D eigenvalue weighted by molar-refractivity contribution is 0.0907. The molecule has 0 radical (unpaired) electrons. The molecule has 1 unspecified atom stereocenters. The molecule has 2 aliphatic heterocycles. The van der Waals surface area contributed by atoms with Crippen molar-refractivity contribution in [3.63, 3.8) is 0 Å². The van der Waals surface area contributed by atoms with Crippen LogP contribution in [0.1, 0.15) is 40.9 Å². The van der Waals surface area contributed by atoms with Crippen LogP contribution in [0.15, 0.2) is 41.3 Å². The number of ether oxygens (including phenoxy) is 1. The van der Waals surface area contributed by atoms with Gasteiger partial charge in [-0.3, -0.25) is 14.5 Å². The first-order valence-electron chi connectivity index (χ1n) is 11.4. The summed E-state index contributed by atoms with van der Waals surface area (Å²) in [5, 5.41) is 8.73. The Morgan fingerprint density at radius 2 is 2.16 bits per heavy atom. The van der Waals surface area contributed by atoms with Crippen LogP contribution in [0.2, 0.25) is 0 Å². The Hall–Kier alpha value is -2.97. The molecule has 3 aromatic rings. The van der Waals surface area contributed by atoms with E-state index in [0.717, 1.165) is 60.9 Å². The van der Waals surface area contributed by atoms with Gasteiger partial charge in [-0.05, 0) is 43.7 Å². The van der Waals surface area contributed by atoms with Crippen LogP contribution in [-0.2, 0) is 24.3 Å².